The molecule has 1 aliphatic carbocycles. The molecule has 0 aromatic heterocycles. The summed E-state index contributed by atoms with van der Waals surface area (Å²) in [6, 6.07) is 11.2. The Hall–Kier alpha value is -2.70. The number of aryl methyl sites for hydroxylation is 1. The lowest BCUT2D eigenvalue weighted by atomic mass is 9.81. The van der Waals surface area contributed by atoms with E-state index in [0.29, 0.717) is 18.4 Å². The minimum Gasteiger partial charge on any atom is -0.292 e. The Labute approximate surface area is 196 Å². The van der Waals surface area contributed by atoms with Gasteiger partial charge in [-0.05, 0) is 38.0 Å². The predicted molar refractivity (Wildman–Crippen MR) is 120 cm³/mol. The van der Waals surface area contributed by atoms with Crippen LogP contribution in [0.25, 0.3) is 0 Å². The van der Waals surface area contributed by atoms with Crippen LogP contribution in [0.4, 0.5) is 0 Å². The molecule has 2 aromatic carbocycles. The summed E-state index contributed by atoms with van der Waals surface area (Å²) in [6.07, 6.45) is 2.92. The first-order chi connectivity index (χ1) is 15.3. The van der Waals surface area contributed by atoms with Gasteiger partial charge >= 0.3 is 0 Å². The third-order valence-corrected chi connectivity index (χ3v) is 6.87. The van der Waals surface area contributed by atoms with E-state index >= 15 is 0 Å². The third kappa shape index (κ3) is 4.17. The number of ketones is 1. The molecule has 4 rings (SSSR count). The molecule has 0 unspecified atom stereocenters. The lowest BCUT2D eigenvalue weighted by molar-refractivity contribution is -0.154. The third-order valence-electron chi connectivity index (χ3n) is 6.13. The highest BCUT2D eigenvalue weighted by Crippen LogP contribution is 2.39. The molecule has 1 saturated heterocycles. The number of rotatable bonds is 5. The maximum absolute atomic E-state index is 13.4. The summed E-state index contributed by atoms with van der Waals surface area (Å²) in [4.78, 5) is 52.8. The zero-order valence-electron chi connectivity index (χ0n) is 17.5. The summed E-state index contributed by atoms with van der Waals surface area (Å²) in [5.74, 6) is -2.79. The minimum absolute atomic E-state index is 0.131. The average Bonchev–Trinajstić information content (AvgIpc) is 3.04. The zero-order chi connectivity index (χ0) is 23.0. The first-order valence-electron chi connectivity index (χ1n) is 10.5. The molecule has 2 aliphatic rings. The second kappa shape index (κ2) is 9.04. The van der Waals surface area contributed by atoms with Gasteiger partial charge in [-0.15, -0.1) is 0 Å². The number of imide groups is 1. The molecule has 1 saturated carbocycles. The number of fused-ring (bicyclic) bond motifs is 1. The largest absolute Gasteiger partial charge is 0.292 e. The molecule has 32 heavy (non-hydrogen) atoms. The molecule has 0 N–H and O–H groups in total. The number of carbonyl (C=O) groups is 4. The van der Waals surface area contributed by atoms with Crippen molar-refractivity contribution >= 4 is 46.7 Å². The van der Waals surface area contributed by atoms with E-state index < -0.39 is 36.1 Å². The van der Waals surface area contributed by atoms with Crippen molar-refractivity contribution in [3.05, 3.63) is 69.2 Å². The Bertz CT molecular complexity index is 1080. The van der Waals surface area contributed by atoms with Crippen molar-refractivity contribution in [1.29, 1.82) is 0 Å². The molecule has 1 aliphatic heterocycles. The van der Waals surface area contributed by atoms with Gasteiger partial charge in [-0.25, -0.2) is 5.01 Å². The van der Waals surface area contributed by atoms with Crippen LogP contribution in [0.1, 0.15) is 52.0 Å². The van der Waals surface area contributed by atoms with Crippen LogP contribution in [0.15, 0.2) is 42.5 Å². The minimum atomic E-state index is -0.663. The van der Waals surface area contributed by atoms with Gasteiger partial charge in [0.15, 0.2) is 5.78 Å². The Morgan fingerprint density at radius 2 is 1.47 bits per heavy atom. The molecule has 2 atom stereocenters. The summed E-state index contributed by atoms with van der Waals surface area (Å²) in [5, 5.41) is 2.28. The fraction of sp³-hybridized carbons (Fsp3) is 0.333. The molecule has 0 spiro atoms. The standard InChI is InChI=1S/C24H22Cl2N2O4/c1-14-6-8-15(9-7-14)21(29)13-27(22(30)16-10-11-19(25)20(26)12-16)28-23(31)17-4-2-3-5-18(17)24(28)32/h6-12,17-18H,2-5,13H2,1H3/t17-,18+. The number of hydrazine groups is 1. The van der Waals surface area contributed by atoms with Crippen molar-refractivity contribution in [2.45, 2.75) is 32.6 Å². The molecule has 3 amide bonds. The van der Waals surface area contributed by atoms with E-state index in [1.54, 1.807) is 24.3 Å². The lowest BCUT2D eigenvalue weighted by Crippen LogP contribution is -2.52. The Balaban J connectivity index is 1.70. The van der Waals surface area contributed by atoms with Crippen molar-refractivity contribution < 1.29 is 19.2 Å². The summed E-state index contributed by atoms with van der Waals surface area (Å²) >= 11 is 12.0. The molecular formula is C24H22Cl2N2O4. The Morgan fingerprint density at radius 3 is 2.03 bits per heavy atom. The highest BCUT2D eigenvalue weighted by molar-refractivity contribution is 6.42. The highest BCUT2D eigenvalue weighted by atomic mass is 35.5. The van der Waals surface area contributed by atoms with Gasteiger partial charge in [0.05, 0.1) is 21.9 Å². The number of hydrogen-bond donors (Lipinski definition) is 0. The van der Waals surface area contributed by atoms with Gasteiger partial charge in [0.1, 0.15) is 6.54 Å². The van der Waals surface area contributed by atoms with Gasteiger partial charge in [0, 0.05) is 11.1 Å². The normalized spacial score (nSPS) is 20.3. The smallest absolute Gasteiger partial charge is 0.273 e. The molecule has 1 heterocycles. The summed E-state index contributed by atoms with van der Waals surface area (Å²) < 4.78 is 0. The number of nitrogens with zero attached hydrogens (tertiary/aromatic N) is 2. The second-order valence-corrected chi connectivity index (χ2v) is 9.08. The molecule has 2 aromatic rings. The van der Waals surface area contributed by atoms with E-state index in [2.05, 4.69) is 0 Å². The van der Waals surface area contributed by atoms with E-state index in [1.807, 2.05) is 6.92 Å². The fourth-order valence-corrected chi connectivity index (χ4v) is 4.66. The van der Waals surface area contributed by atoms with E-state index in [1.165, 1.54) is 18.2 Å². The van der Waals surface area contributed by atoms with Crippen molar-refractivity contribution in [2.24, 2.45) is 11.8 Å². The molecule has 6 nitrogen and oxygen atoms in total. The van der Waals surface area contributed by atoms with Crippen molar-refractivity contribution in [1.82, 2.24) is 10.0 Å². The van der Waals surface area contributed by atoms with Gasteiger partial charge in [0.2, 0.25) is 0 Å². The van der Waals surface area contributed by atoms with Gasteiger partial charge in [-0.3, -0.25) is 19.2 Å². The molecule has 8 heteroatoms. The van der Waals surface area contributed by atoms with E-state index in [0.717, 1.165) is 28.4 Å². The van der Waals surface area contributed by atoms with E-state index in [9.17, 15) is 19.2 Å². The Morgan fingerprint density at radius 1 is 0.906 bits per heavy atom. The molecular weight excluding hydrogens is 451 g/mol. The van der Waals surface area contributed by atoms with Crippen LogP contribution in [0, 0.1) is 18.8 Å². The lowest BCUT2D eigenvalue weighted by Gasteiger charge is -2.30. The molecule has 0 bridgehead atoms. The fourth-order valence-electron chi connectivity index (χ4n) is 4.36. The SMILES string of the molecule is Cc1ccc(C(=O)CN(C(=O)c2ccc(Cl)c(Cl)c2)N2C(=O)[C@H]3CCCC[C@H]3C2=O)cc1. The number of Topliss-reactive ketones (excluding diaryl/α,β-unsaturated/α-hetero) is 1. The maximum atomic E-state index is 13.4. The van der Waals surface area contributed by atoms with Gasteiger partial charge < -0.3 is 0 Å². The summed E-state index contributed by atoms with van der Waals surface area (Å²) in [5.41, 5.74) is 1.50. The second-order valence-electron chi connectivity index (χ2n) is 8.27. The number of carbonyl (C=O) groups excluding carboxylic acids is 4. The van der Waals surface area contributed by atoms with Crippen LogP contribution in [0.2, 0.25) is 10.0 Å². The van der Waals surface area contributed by atoms with Crippen LogP contribution in [0.3, 0.4) is 0 Å². The van der Waals surface area contributed by atoms with E-state index in [-0.39, 0.29) is 21.4 Å². The van der Waals surface area contributed by atoms with Crippen LogP contribution in [0.5, 0.6) is 0 Å². The predicted octanol–water partition coefficient (Wildman–Crippen LogP) is 4.72. The number of benzene rings is 2. The monoisotopic (exact) mass is 472 g/mol. The maximum Gasteiger partial charge on any atom is 0.273 e. The van der Waals surface area contributed by atoms with Crippen LogP contribution in [-0.4, -0.2) is 40.1 Å². The first-order valence-corrected chi connectivity index (χ1v) is 11.3. The first kappa shape index (κ1) is 22.5. The van der Waals surface area contributed by atoms with Gasteiger partial charge in [-0.2, -0.15) is 5.01 Å². The number of hydrogen-bond acceptors (Lipinski definition) is 4. The van der Waals surface area contributed by atoms with Crippen LogP contribution >= 0.6 is 23.2 Å². The Kier molecular flexibility index (Phi) is 6.35. The summed E-state index contributed by atoms with van der Waals surface area (Å²) in [7, 11) is 0. The van der Waals surface area contributed by atoms with Crippen molar-refractivity contribution in [3.63, 3.8) is 0 Å². The molecule has 166 valence electrons. The average molecular weight is 473 g/mol. The van der Waals surface area contributed by atoms with Crippen molar-refractivity contribution in [2.75, 3.05) is 6.54 Å². The summed E-state index contributed by atoms with van der Waals surface area (Å²) in [6.45, 7) is 1.46. The number of amides is 3. The topological polar surface area (TPSA) is 74.8 Å². The van der Waals surface area contributed by atoms with Crippen LogP contribution < -0.4 is 0 Å². The van der Waals surface area contributed by atoms with Gasteiger partial charge in [-0.1, -0.05) is 65.9 Å². The van der Waals surface area contributed by atoms with E-state index in [4.69, 9.17) is 23.2 Å². The van der Waals surface area contributed by atoms with Crippen molar-refractivity contribution in [3.8, 4) is 0 Å². The van der Waals surface area contributed by atoms with Crippen LogP contribution in [-0.2, 0) is 9.59 Å². The quantitative estimate of drug-likeness (QED) is 0.466. The highest BCUT2D eigenvalue weighted by Gasteiger charge is 2.51. The molecule has 2 fully saturated rings. The zero-order valence-corrected chi connectivity index (χ0v) is 19.0. The molecule has 0 radical (unpaired) electrons. The number of halogens is 2. The van der Waals surface area contributed by atoms with Gasteiger partial charge in [0.25, 0.3) is 17.7 Å².